The van der Waals surface area contributed by atoms with Crippen molar-refractivity contribution in [1.82, 2.24) is 19.6 Å². The van der Waals surface area contributed by atoms with Crippen molar-refractivity contribution < 1.29 is 19.8 Å². The monoisotopic (exact) mass is 843 g/mol. The van der Waals surface area contributed by atoms with Gasteiger partial charge < -0.3 is 19.9 Å². The molecule has 2 aromatic heterocycles. The van der Waals surface area contributed by atoms with E-state index in [0.29, 0.717) is 71.8 Å². The van der Waals surface area contributed by atoms with E-state index >= 15 is 0 Å². The van der Waals surface area contributed by atoms with E-state index in [2.05, 4.69) is 33.7 Å². The molecule has 10 saturated carbocycles. The molecule has 0 radical (unpaired) electrons. The molecule has 10 fully saturated rings. The first-order valence-corrected chi connectivity index (χ1v) is 24.9. The second-order valence-electron chi connectivity index (χ2n) is 24.3. The van der Waals surface area contributed by atoms with Gasteiger partial charge in [-0.05, 0) is 233 Å². The molecule has 332 valence electrons. The Hall–Kier alpha value is -3.34. The quantitative estimate of drug-likeness (QED) is 0.280. The summed E-state index contributed by atoms with van der Waals surface area (Å²) in [4.78, 5) is 33.8. The Labute approximate surface area is 369 Å². The Bertz CT molecular complexity index is 2040. The first-order valence-electron chi connectivity index (χ1n) is 24.9. The Balaban J connectivity index is 0.000000139. The highest BCUT2D eigenvalue weighted by atomic mass is 16.3. The topological polar surface area (TPSA) is 119 Å². The van der Waals surface area contributed by atoms with Crippen LogP contribution in [0.2, 0.25) is 0 Å². The summed E-state index contributed by atoms with van der Waals surface area (Å²) in [6.45, 7) is 23.8. The van der Waals surface area contributed by atoms with E-state index in [1.165, 1.54) is 77.0 Å². The molecule has 0 aromatic carbocycles. The highest BCUT2D eigenvalue weighted by molar-refractivity contribution is 5.84. The minimum absolute atomic E-state index is 0.147. The molecule has 20 atom stereocenters. The number of carbonyl (C=O) groups is 2. The molecule has 0 saturated heterocycles. The summed E-state index contributed by atoms with van der Waals surface area (Å²) in [5.74, 6) is 12.1. The maximum absolute atomic E-state index is 13.5. The van der Waals surface area contributed by atoms with E-state index in [1.807, 2.05) is 13.8 Å². The first-order chi connectivity index (χ1) is 29.6. The predicted octanol–water partition coefficient (Wildman–Crippen LogP) is 9.76. The van der Waals surface area contributed by atoms with Gasteiger partial charge in [-0.15, -0.1) is 0 Å². The first kappa shape index (κ1) is 41.4. The van der Waals surface area contributed by atoms with Crippen molar-refractivity contribution in [3.05, 3.63) is 47.4 Å². The van der Waals surface area contributed by atoms with E-state index in [0.717, 1.165) is 73.0 Å². The Morgan fingerprint density at radius 1 is 0.581 bits per heavy atom. The number of Topliss-reactive ketones (excluding diaryl/α,β-unsaturated/α-hetero) is 2. The van der Waals surface area contributed by atoms with Gasteiger partial charge in [0.25, 0.3) is 11.6 Å². The largest absolute Gasteiger partial charge is 0.390 e. The van der Waals surface area contributed by atoms with E-state index in [-0.39, 0.29) is 22.7 Å². The molecule has 0 aliphatic heterocycles. The van der Waals surface area contributed by atoms with Gasteiger partial charge in [0.2, 0.25) is 0 Å². The maximum Gasteiger partial charge on any atom is 0.295 e. The molecular weight excluding hydrogens is 773 g/mol. The van der Waals surface area contributed by atoms with Gasteiger partial charge in [-0.1, -0.05) is 27.0 Å². The van der Waals surface area contributed by atoms with E-state index in [4.69, 9.17) is 13.1 Å². The molecule has 10 aliphatic rings. The van der Waals surface area contributed by atoms with Crippen LogP contribution in [0.15, 0.2) is 24.5 Å². The average molecular weight is 843 g/mol. The van der Waals surface area contributed by atoms with Crippen molar-refractivity contribution in [1.29, 1.82) is 0 Å². The van der Waals surface area contributed by atoms with Crippen LogP contribution in [0.25, 0.3) is 9.69 Å². The van der Waals surface area contributed by atoms with Crippen LogP contribution in [0.3, 0.4) is 0 Å². The Morgan fingerprint density at radius 2 is 0.984 bits per heavy atom. The van der Waals surface area contributed by atoms with Gasteiger partial charge >= 0.3 is 0 Å². The van der Waals surface area contributed by atoms with Crippen molar-refractivity contribution in [2.45, 2.75) is 155 Å². The summed E-state index contributed by atoms with van der Waals surface area (Å²) in [5, 5.41) is 29.7. The van der Waals surface area contributed by atoms with Crippen LogP contribution in [-0.4, -0.2) is 52.5 Å². The summed E-state index contributed by atoms with van der Waals surface area (Å²) in [5.41, 5.74) is -0.615. The number of carbonyl (C=O) groups excluding carboxylic acids is 2. The van der Waals surface area contributed by atoms with Crippen LogP contribution in [0, 0.1) is 119 Å². The minimum atomic E-state index is -0.455. The fourth-order valence-electron chi connectivity index (χ4n) is 18.8. The molecule has 2 heterocycles. The second-order valence-corrected chi connectivity index (χ2v) is 24.3. The smallest absolute Gasteiger partial charge is 0.295 e. The molecule has 62 heavy (non-hydrogen) atoms. The van der Waals surface area contributed by atoms with Crippen molar-refractivity contribution in [2.24, 2.45) is 106 Å². The van der Waals surface area contributed by atoms with Gasteiger partial charge in [0.1, 0.15) is 13.1 Å². The third-order valence-electron chi connectivity index (χ3n) is 20.9. The zero-order chi connectivity index (χ0) is 43.1. The molecule has 0 bridgehead atoms. The van der Waals surface area contributed by atoms with Crippen LogP contribution in [-0.2, 0) is 22.7 Å². The van der Waals surface area contributed by atoms with Crippen LogP contribution >= 0.6 is 0 Å². The number of aliphatic hydroxyl groups is 2. The summed E-state index contributed by atoms with van der Waals surface area (Å²) >= 11 is 0. The van der Waals surface area contributed by atoms with Crippen LogP contribution in [0.4, 0.5) is 11.6 Å². The number of hydrogen-bond acceptors (Lipinski definition) is 6. The van der Waals surface area contributed by atoms with Crippen molar-refractivity contribution in [2.75, 3.05) is 0 Å². The Kier molecular flexibility index (Phi) is 9.73. The highest BCUT2D eigenvalue weighted by Crippen LogP contribution is 2.76. The lowest BCUT2D eigenvalue weighted by Gasteiger charge is -2.57. The molecule has 12 rings (SSSR count). The number of ketones is 2. The van der Waals surface area contributed by atoms with Crippen LogP contribution < -0.4 is 0 Å². The third kappa shape index (κ3) is 6.63. The van der Waals surface area contributed by atoms with Crippen LogP contribution in [0.1, 0.15) is 130 Å². The lowest BCUT2D eigenvalue weighted by molar-refractivity contribution is -0.137. The number of hydrogen-bond donors (Lipinski definition) is 2. The molecule has 0 unspecified atom stereocenters. The summed E-state index contributed by atoms with van der Waals surface area (Å²) in [7, 11) is 0. The number of nitrogens with zero attached hydrogens (tertiary/aromatic N) is 6. The zero-order valence-corrected chi connectivity index (χ0v) is 37.7. The fourth-order valence-corrected chi connectivity index (χ4v) is 18.8. The summed E-state index contributed by atoms with van der Waals surface area (Å²) in [6.07, 6.45) is 22.4. The van der Waals surface area contributed by atoms with Gasteiger partial charge in [-0.3, -0.25) is 9.59 Å². The molecule has 0 spiro atoms. The van der Waals surface area contributed by atoms with Gasteiger partial charge in [0.05, 0.1) is 11.2 Å². The van der Waals surface area contributed by atoms with Gasteiger partial charge in [0.15, 0.2) is 11.6 Å². The van der Waals surface area contributed by atoms with Gasteiger partial charge in [-0.25, -0.2) is 0 Å². The normalized spacial score (nSPS) is 49.9. The van der Waals surface area contributed by atoms with Crippen molar-refractivity contribution in [3.8, 4) is 0 Å². The number of aromatic nitrogens is 4. The molecular formula is C52H70N6O4. The molecule has 10 aliphatic carbocycles. The lowest BCUT2D eigenvalue weighted by atomic mass is 9.48. The van der Waals surface area contributed by atoms with Crippen LogP contribution in [0.5, 0.6) is 0 Å². The minimum Gasteiger partial charge on any atom is -0.390 e. The predicted molar refractivity (Wildman–Crippen MR) is 234 cm³/mol. The summed E-state index contributed by atoms with van der Waals surface area (Å²) < 4.78 is 3.35. The van der Waals surface area contributed by atoms with Crippen molar-refractivity contribution in [3.63, 3.8) is 0 Å². The molecule has 2 N–H and O–H groups in total. The van der Waals surface area contributed by atoms with E-state index < -0.39 is 11.2 Å². The average Bonchev–Trinajstić information content (AvgIpc) is 3.96. The molecule has 2 aromatic rings. The molecule has 10 nitrogen and oxygen atoms in total. The lowest BCUT2D eigenvalue weighted by Crippen LogP contribution is -2.52. The number of rotatable bonds is 6. The molecule has 10 heteroatoms. The zero-order valence-electron chi connectivity index (χ0n) is 37.7. The third-order valence-corrected chi connectivity index (χ3v) is 20.9. The fraction of sp³-hybridized carbons (Fsp3) is 0.808. The van der Waals surface area contributed by atoms with Gasteiger partial charge in [0, 0.05) is 24.2 Å². The van der Waals surface area contributed by atoms with Crippen molar-refractivity contribution >= 4 is 23.2 Å². The second kappa shape index (κ2) is 14.6. The SMILES string of the molecule is [C-]#[N+]c1ccn(CC(=O)[C@@H]2[C@H]3C[C@H]3[C@H]3[C@@H]4CC[C@@H]5C[C@](C)(O)CC[C@@H]5[C@H]4CC[C@@]32C)n1.[C-]#[N+]c1ccn(CC(=O)[C@H]2[C@H]3C[C@H]3[C@H]3[C@@H]4CC[C@@H]5C[C@](C)(O)CC[C@@H]5[C@H]4CC[C@@]32C)n1. The van der Waals surface area contributed by atoms with E-state index in [1.54, 1.807) is 33.9 Å². The molecule has 0 amide bonds. The highest BCUT2D eigenvalue weighted by Gasteiger charge is 2.72. The Morgan fingerprint density at radius 3 is 1.37 bits per heavy atom. The number of fused-ring (bicyclic) bond motifs is 14. The summed E-state index contributed by atoms with van der Waals surface area (Å²) in [6, 6.07) is 3.40. The standard InChI is InChI=1S/2C26H35N3O2/c2*1-25(31)9-6-16-15(13-25)4-5-18-17(16)7-10-26(2)23(18)19-12-20(19)24(26)21(30)14-29-11-8-22(27-3)28-29/h2*8,11,15-20,23-24,31H,4-7,9-10,12-14H2,1-2H3/t15-,16+,17-,18-,19-,20+,23-,24+,25-,26+;15-,16+,17-,18-,19-,20+,23-,24-,25-,26+/m11/s1. The van der Waals surface area contributed by atoms with Gasteiger partial charge in [-0.2, -0.15) is 9.36 Å². The maximum atomic E-state index is 13.5. The van der Waals surface area contributed by atoms with E-state index in [9.17, 15) is 19.8 Å².